The SMILES string of the molecule is C=CCCCOC(=O)[C@@H]1[C@@H]2CCC3(O2)C(C(=O)N(CC=C)C(C)(C)CC(C)(C)C)N([C@@H](CO)C(C)C)C(=O)[C@H]13. The first-order valence-corrected chi connectivity index (χ1v) is 14.5. The largest absolute Gasteiger partial charge is 0.465 e. The molecule has 2 unspecified atom stereocenters. The molecule has 1 N–H and O–H groups in total. The second-order valence-corrected chi connectivity index (χ2v) is 13.7. The molecule has 3 heterocycles. The minimum Gasteiger partial charge on any atom is -0.465 e. The van der Waals surface area contributed by atoms with Crippen molar-refractivity contribution in [2.75, 3.05) is 19.8 Å². The van der Waals surface area contributed by atoms with Crippen molar-refractivity contribution in [3.63, 3.8) is 0 Å². The number of allylic oxidation sites excluding steroid dienone is 1. The van der Waals surface area contributed by atoms with Gasteiger partial charge in [0.15, 0.2) is 0 Å². The summed E-state index contributed by atoms with van der Waals surface area (Å²) in [6, 6.07) is -1.54. The molecule has 8 nitrogen and oxygen atoms in total. The molecule has 2 amide bonds. The van der Waals surface area contributed by atoms with E-state index in [0.29, 0.717) is 25.8 Å². The van der Waals surface area contributed by atoms with Crippen LogP contribution in [0.1, 0.15) is 80.6 Å². The highest BCUT2D eigenvalue weighted by molar-refractivity contribution is 5.98. The Balaban J connectivity index is 2.07. The van der Waals surface area contributed by atoms with E-state index < -0.39 is 47.1 Å². The van der Waals surface area contributed by atoms with Crippen LogP contribution in [0.5, 0.6) is 0 Å². The average Bonchev–Trinajstić information content (AvgIpc) is 3.46. The molecule has 0 aromatic heterocycles. The quantitative estimate of drug-likeness (QED) is 0.212. The Kier molecular flexibility index (Phi) is 9.43. The van der Waals surface area contributed by atoms with Crippen LogP contribution in [-0.4, -0.2) is 81.8 Å². The highest BCUT2D eigenvalue weighted by atomic mass is 16.6. The number of aliphatic hydroxyl groups is 1. The van der Waals surface area contributed by atoms with Crippen LogP contribution in [0.3, 0.4) is 0 Å². The number of unbranched alkanes of at least 4 members (excludes halogenated alkanes) is 1. The van der Waals surface area contributed by atoms with Crippen molar-refractivity contribution < 1.29 is 29.0 Å². The fraction of sp³-hybridized carbons (Fsp3) is 0.774. The maximum atomic E-state index is 14.7. The summed E-state index contributed by atoms with van der Waals surface area (Å²) in [5.41, 5.74) is -1.73. The molecule has 6 atom stereocenters. The molecule has 2 bridgehead atoms. The van der Waals surface area contributed by atoms with Crippen molar-refractivity contribution in [2.24, 2.45) is 23.2 Å². The Hall–Kier alpha value is -2.19. The van der Waals surface area contributed by atoms with Crippen LogP contribution in [0.2, 0.25) is 0 Å². The number of rotatable bonds is 13. The number of amides is 2. The molecule has 1 spiro atoms. The molecule has 0 aromatic rings. The maximum Gasteiger partial charge on any atom is 0.312 e. The summed E-state index contributed by atoms with van der Waals surface area (Å²) < 4.78 is 12.2. The predicted octanol–water partition coefficient (Wildman–Crippen LogP) is 4.12. The topological polar surface area (TPSA) is 96.4 Å². The number of fused-ring (bicyclic) bond motifs is 1. The van der Waals surface area contributed by atoms with Crippen LogP contribution in [-0.2, 0) is 23.9 Å². The number of carbonyl (C=O) groups excluding carboxylic acids is 3. The fourth-order valence-electron chi connectivity index (χ4n) is 7.42. The third-order valence-corrected chi connectivity index (χ3v) is 8.63. The molecule has 3 aliphatic heterocycles. The second kappa shape index (κ2) is 11.7. The maximum absolute atomic E-state index is 14.7. The van der Waals surface area contributed by atoms with Crippen molar-refractivity contribution in [1.29, 1.82) is 0 Å². The third kappa shape index (κ3) is 5.83. The van der Waals surface area contributed by atoms with Crippen LogP contribution < -0.4 is 0 Å². The van der Waals surface area contributed by atoms with Gasteiger partial charge in [-0.1, -0.05) is 46.8 Å². The minimum absolute atomic E-state index is 0.0520. The Morgan fingerprint density at radius 1 is 1.23 bits per heavy atom. The zero-order chi connectivity index (χ0) is 29.3. The molecule has 8 heteroatoms. The lowest BCUT2D eigenvalue weighted by molar-refractivity contribution is -0.158. The molecule has 3 fully saturated rings. The fourth-order valence-corrected chi connectivity index (χ4v) is 7.42. The van der Waals surface area contributed by atoms with Crippen molar-refractivity contribution in [3.05, 3.63) is 25.3 Å². The number of hydrogen-bond donors (Lipinski definition) is 1. The van der Waals surface area contributed by atoms with E-state index >= 15 is 0 Å². The van der Waals surface area contributed by atoms with Crippen molar-refractivity contribution >= 4 is 17.8 Å². The molecule has 39 heavy (non-hydrogen) atoms. The first kappa shape index (κ1) is 31.3. The standard InChI is InChI=1S/C31H50N2O6/c1-10-12-13-17-38-28(37)23-22-14-15-31(39-22)24(23)26(35)33(21(18-34)20(3)4)25(31)27(36)32(16-11-2)30(8,9)19-29(5,6)7/h10-11,20-25,34H,1-2,12-19H2,3-9H3/t21-,22-,23+,24-,25?,31?/m0/s1. The lowest BCUT2D eigenvalue weighted by atomic mass is 9.70. The summed E-state index contributed by atoms with van der Waals surface area (Å²) in [6.07, 6.45) is 6.20. The van der Waals surface area contributed by atoms with Crippen LogP contribution in [0.25, 0.3) is 0 Å². The highest BCUT2D eigenvalue weighted by Gasteiger charge is 2.76. The zero-order valence-corrected chi connectivity index (χ0v) is 25.1. The van der Waals surface area contributed by atoms with Gasteiger partial charge in [0.1, 0.15) is 11.6 Å². The second-order valence-electron chi connectivity index (χ2n) is 13.7. The van der Waals surface area contributed by atoms with Crippen LogP contribution in [0.4, 0.5) is 0 Å². The van der Waals surface area contributed by atoms with E-state index in [9.17, 15) is 19.5 Å². The summed E-state index contributed by atoms with van der Waals surface area (Å²) in [5.74, 6) is -2.67. The Bertz CT molecular complexity index is 953. The Labute approximate surface area is 234 Å². The van der Waals surface area contributed by atoms with Crippen molar-refractivity contribution in [3.8, 4) is 0 Å². The lowest BCUT2D eigenvalue weighted by Crippen LogP contribution is -2.63. The molecule has 0 aliphatic carbocycles. The smallest absolute Gasteiger partial charge is 0.312 e. The average molecular weight is 547 g/mol. The number of likely N-dealkylation sites (tertiary alicyclic amines) is 1. The van der Waals surface area contributed by atoms with Gasteiger partial charge >= 0.3 is 5.97 Å². The summed E-state index contributed by atoms with van der Waals surface area (Å²) in [4.78, 5) is 45.7. The molecular weight excluding hydrogens is 496 g/mol. The van der Waals surface area contributed by atoms with E-state index in [1.54, 1.807) is 22.0 Å². The Morgan fingerprint density at radius 2 is 1.90 bits per heavy atom. The van der Waals surface area contributed by atoms with Crippen LogP contribution in [0, 0.1) is 23.2 Å². The van der Waals surface area contributed by atoms with Gasteiger partial charge in [0.2, 0.25) is 11.8 Å². The van der Waals surface area contributed by atoms with Gasteiger partial charge in [0.05, 0.1) is 37.2 Å². The molecule has 3 aliphatic rings. The number of ether oxygens (including phenoxy) is 2. The summed E-state index contributed by atoms with van der Waals surface area (Å²) in [7, 11) is 0. The number of nitrogens with zero attached hydrogens (tertiary/aromatic N) is 2. The molecule has 0 saturated carbocycles. The minimum atomic E-state index is -1.14. The molecule has 0 radical (unpaired) electrons. The van der Waals surface area contributed by atoms with E-state index in [1.807, 2.05) is 27.7 Å². The van der Waals surface area contributed by atoms with Crippen molar-refractivity contribution in [2.45, 2.75) is 110 Å². The molecule has 0 aromatic carbocycles. The van der Waals surface area contributed by atoms with Gasteiger partial charge in [0.25, 0.3) is 0 Å². The predicted molar refractivity (Wildman–Crippen MR) is 151 cm³/mol. The van der Waals surface area contributed by atoms with Gasteiger partial charge in [-0.05, 0) is 57.3 Å². The van der Waals surface area contributed by atoms with E-state index in [0.717, 1.165) is 12.8 Å². The van der Waals surface area contributed by atoms with Gasteiger partial charge < -0.3 is 24.4 Å². The number of hydrogen-bond acceptors (Lipinski definition) is 6. The molecular formula is C31H50N2O6. The lowest BCUT2D eigenvalue weighted by Gasteiger charge is -2.46. The van der Waals surface area contributed by atoms with E-state index in [-0.39, 0.29) is 36.4 Å². The molecule has 220 valence electrons. The van der Waals surface area contributed by atoms with Gasteiger partial charge in [-0.2, -0.15) is 0 Å². The summed E-state index contributed by atoms with van der Waals surface area (Å²) in [5, 5.41) is 10.4. The molecule has 3 rings (SSSR count). The highest BCUT2D eigenvalue weighted by Crippen LogP contribution is 2.59. The normalized spacial score (nSPS) is 28.9. The van der Waals surface area contributed by atoms with Crippen LogP contribution >= 0.6 is 0 Å². The van der Waals surface area contributed by atoms with Gasteiger partial charge in [-0.3, -0.25) is 14.4 Å². The van der Waals surface area contributed by atoms with Gasteiger partial charge in [0, 0.05) is 12.1 Å². The van der Waals surface area contributed by atoms with Gasteiger partial charge in [-0.25, -0.2) is 0 Å². The number of carbonyl (C=O) groups is 3. The van der Waals surface area contributed by atoms with Crippen molar-refractivity contribution in [1.82, 2.24) is 9.80 Å². The third-order valence-electron chi connectivity index (χ3n) is 8.63. The van der Waals surface area contributed by atoms with E-state index in [1.165, 1.54) is 0 Å². The number of esters is 1. The van der Waals surface area contributed by atoms with Gasteiger partial charge in [-0.15, -0.1) is 13.2 Å². The first-order valence-electron chi connectivity index (χ1n) is 14.5. The monoisotopic (exact) mass is 546 g/mol. The first-order chi connectivity index (χ1) is 18.2. The van der Waals surface area contributed by atoms with E-state index in [4.69, 9.17) is 9.47 Å². The molecule has 3 saturated heterocycles. The zero-order valence-electron chi connectivity index (χ0n) is 25.1. The number of aliphatic hydroxyl groups excluding tert-OH is 1. The summed E-state index contributed by atoms with van der Waals surface area (Å²) in [6.45, 7) is 22.2. The summed E-state index contributed by atoms with van der Waals surface area (Å²) >= 11 is 0. The Morgan fingerprint density at radius 3 is 2.44 bits per heavy atom. The van der Waals surface area contributed by atoms with Crippen LogP contribution in [0.15, 0.2) is 25.3 Å². The van der Waals surface area contributed by atoms with E-state index in [2.05, 4.69) is 33.9 Å².